The molecule has 2 N–H and O–H groups in total. The van der Waals surface area contributed by atoms with Crippen LogP contribution in [-0.4, -0.2) is 51.9 Å². The minimum atomic E-state index is -0.318. The van der Waals surface area contributed by atoms with Crippen LogP contribution in [0.1, 0.15) is 12.2 Å². The molecule has 0 spiro atoms. The molecule has 1 fully saturated rings. The molecule has 142 valence electrons. The summed E-state index contributed by atoms with van der Waals surface area (Å²) in [4.78, 5) is 15.3. The number of rotatable bonds is 4. The van der Waals surface area contributed by atoms with Crippen molar-refractivity contribution in [2.45, 2.75) is 25.1 Å². The van der Waals surface area contributed by atoms with E-state index in [2.05, 4.69) is 14.9 Å². The predicted octanol–water partition coefficient (Wildman–Crippen LogP) is 2.22. The Morgan fingerprint density at radius 2 is 2.11 bits per heavy atom. The molecule has 2 aromatic heterocycles. The SMILES string of the molecule is CO[C@H]1CCN(c2nc3ccc(F)cc3n2Cc2ncc(Cl)cn2)C[C@H]1N. The van der Waals surface area contributed by atoms with Gasteiger partial charge in [0.2, 0.25) is 5.95 Å². The van der Waals surface area contributed by atoms with E-state index < -0.39 is 0 Å². The highest BCUT2D eigenvalue weighted by molar-refractivity contribution is 6.30. The highest BCUT2D eigenvalue weighted by atomic mass is 35.5. The quantitative estimate of drug-likeness (QED) is 0.735. The van der Waals surface area contributed by atoms with Crippen LogP contribution < -0.4 is 10.6 Å². The number of halogens is 2. The van der Waals surface area contributed by atoms with Gasteiger partial charge in [0, 0.05) is 38.6 Å². The molecule has 0 saturated carbocycles. The molecule has 0 radical (unpaired) electrons. The summed E-state index contributed by atoms with van der Waals surface area (Å²) in [6.45, 7) is 1.71. The van der Waals surface area contributed by atoms with Crippen molar-refractivity contribution in [3.63, 3.8) is 0 Å². The summed E-state index contributed by atoms with van der Waals surface area (Å²) in [6.07, 6.45) is 3.91. The fourth-order valence-corrected chi connectivity index (χ4v) is 3.57. The van der Waals surface area contributed by atoms with Crippen LogP contribution in [0.15, 0.2) is 30.6 Å². The number of hydrogen-bond donors (Lipinski definition) is 1. The van der Waals surface area contributed by atoms with E-state index >= 15 is 0 Å². The van der Waals surface area contributed by atoms with Crippen molar-refractivity contribution >= 4 is 28.6 Å². The van der Waals surface area contributed by atoms with E-state index in [0.717, 1.165) is 18.9 Å². The highest BCUT2D eigenvalue weighted by Crippen LogP contribution is 2.27. The molecule has 1 aliphatic heterocycles. The molecule has 0 unspecified atom stereocenters. The van der Waals surface area contributed by atoms with Crippen molar-refractivity contribution in [3.05, 3.63) is 47.3 Å². The van der Waals surface area contributed by atoms with Crippen LogP contribution in [-0.2, 0) is 11.3 Å². The second-order valence-electron chi connectivity index (χ2n) is 6.62. The predicted molar refractivity (Wildman–Crippen MR) is 101 cm³/mol. The lowest BCUT2D eigenvalue weighted by Gasteiger charge is -2.36. The summed E-state index contributed by atoms with van der Waals surface area (Å²) in [7, 11) is 1.68. The Bertz CT molecular complexity index is 947. The molecule has 0 amide bonds. The van der Waals surface area contributed by atoms with Gasteiger partial charge in [-0.3, -0.25) is 0 Å². The number of fused-ring (bicyclic) bond motifs is 1. The first kappa shape index (κ1) is 18.1. The Kier molecular flexibility index (Phi) is 4.94. The topological polar surface area (TPSA) is 82.1 Å². The maximum absolute atomic E-state index is 13.9. The van der Waals surface area contributed by atoms with Gasteiger partial charge in [0.05, 0.1) is 28.7 Å². The molecule has 27 heavy (non-hydrogen) atoms. The number of methoxy groups -OCH3 is 1. The van der Waals surface area contributed by atoms with Gasteiger partial charge in [-0.05, 0) is 24.6 Å². The van der Waals surface area contributed by atoms with Crippen LogP contribution >= 0.6 is 11.6 Å². The number of piperidine rings is 1. The molecule has 3 aromatic rings. The first-order valence-electron chi connectivity index (χ1n) is 8.70. The van der Waals surface area contributed by atoms with Gasteiger partial charge in [-0.1, -0.05) is 11.6 Å². The van der Waals surface area contributed by atoms with Gasteiger partial charge in [0.25, 0.3) is 0 Å². The first-order valence-corrected chi connectivity index (χ1v) is 9.08. The lowest BCUT2D eigenvalue weighted by atomic mass is 10.0. The third-order valence-corrected chi connectivity index (χ3v) is 5.04. The molecule has 0 bridgehead atoms. The third-order valence-electron chi connectivity index (χ3n) is 4.84. The fraction of sp³-hybridized carbons (Fsp3) is 0.389. The largest absolute Gasteiger partial charge is 0.380 e. The normalized spacial score (nSPS) is 20.4. The van der Waals surface area contributed by atoms with E-state index in [-0.39, 0.29) is 18.0 Å². The van der Waals surface area contributed by atoms with Crippen molar-refractivity contribution in [2.75, 3.05) is 25.1 Å². The summed E-state index contributed by atoms with van der Waals surface area (Å²) < 4.78 is 21.2. The minimum Gasteiger partial charge on any atom is -0.380 e. The molecule has 3 heterocycles. The van der Waals surface area contributed by atoms with Crippen LogP contribution in [0.2, 0.25) is 5.02 Å². The molecular formula is C18H20ClFN6O. The molecule has 1 aliphatic rings. The number of anilines is 1. The Morgan fingerprint density at radius 1 is 1.33 bits per heavy atom. The second kappa shape index (κ2) is 7.38. The van der Waals surface area contributed by atoms with E-state index in [1.807, 2.05) is 4.57 Å². The smallest absolute Gasteiger partial charge is 0.207 e. The van der Waals surface area contributed by atoms with Gasteiger partial charge in [0.1, 0.15) is 11.6 Å². The minimum absolute atomic E-state index is 0.0242. The fourth-order valence-electron chi connectivity index (χ4n) is 3.48. The Morgan fingerprint density at radius 3 is 2.81 bits per heavy atom. The molecule has 4 rings (SSSR count). The van der Waals surface area contributed by atoms with Crippen LogP contribution in [0, 0.1) is 5.82 Å². The van der Waals surface area contributed by atoms with Crippen molar-refractivity contribution in [1.82, 2.24) is 19.5 Å². The molecule has 1 aromatic carbocycles. The van der Waals surface area contributed by atoms with Gasteiger partial charge in [0.15, 0.2) is 0 Å². The van der Waals surface area contributed by atoms with Crippen molar-refractivity contribution in [1.29, 1.82) is 0 Å². The van der Waals surface area contributed by atoms with E-state index in [4.69, 9.17) is 27.1 Å². The standard InChI is InChI=1S/C18H20ClFN6O/c1-27-16-4-5-25(9-13(16)21)18-24-14-3-2-12(20)6-15(14)26(18)10-17-22-7-11(19)8-23-17/h2-3,6-8,13,16H,4-5,9-10,21H2,1H3/t13-,16+/m1/s1. The van der Waals surface area contributed by atoms with Crippen LogP contribution in [0.3, 0.4) is 0 Å². The van der Waals surface area contributed by atoms with Crippen molar-refractivity contribution in [2.24, 2.45) is 5.73 Å². The molecule has 2 atom stereocenters. The summed E-state index contributed by atoms with van der Waals surface area (Å²) in [5, 5.41) is 0.466. The van der Waals surface area contributed by atoms with E-state index in [0.29, 0.717) is 35.0 Å². The second-order valence-corrected chi connectivity index (χ2v) is 7.06. The monoisotopic (exact) mass is 390 g/mol. The Labute approximate surface area is 160 Å². The zero-order valence-corrected chi connectivity index (χ0v) is 15.6. The number of ether oxygens (including phenoxy) is 1. The van der Waals surface area contributed by atoms with Gasteiger partial charge in [-0.2, -0.15) is 0 Å². The Hall–Kier alpha value is -2.29. The molecule has 1 saturated heterocycles. The highest BCUT2D eigenvalue weighted by Gasteiger charge is 2.29. The average Bonchev–Trinajstić information content (AvgIpc) is 3.01. The summed E-state index contributed by atoms with van der Waals surface area (Å²) in [5.41, 5.74) is 7.65. The summed E-state index contributed by atoms with van der Waals surface area (Å²) in [6, 6.07) is 4.43. The number of nitrogens with two attached hydrogens (primary N) is 1. The zero-order valence-electron chi connectivity index (χ0n) is 14.8. The zero-order chi connectivity index (χ0) is 19.0. The summed E-state index contributed by atoms with van der Waals surface area (Å²) >= 11 is 5.88. The number of hydrogen-bond acceptors (Lipinski definition) is 6. The Balaban J connectivity index is 1.74. The number of benzene rings is 1. The molecule has 7 nitrogen and oxygen atoms in total. The van der Waals surface area contributed by atoms with Gasteiger partial charge in [-0.25, -0.2) is 19.3 Å². The van der Waals surface area contributed by atoms with E-state index in [1.54, 1.807) is 25.6 Å². The van der Waals surface area contributed by atoms with Crippen molar-refractivity contribution < 1.29 is 9.13 Å². The van der Waals surface area contributed by atoms with Gasteiger partial charge < -0.3 is 19.9 Å². The van der Waals surface area contributed by atoms with E-state index in [1.165, 1.54) is 12.1 Å². The van der Waals surface area contributed by atoms with Gasteiger partial charge in [-0.15, -0.1) is 0 Å². The third kappa shape index (κ3) is 3.60. The van der Waals surface area contributed by atoms with Crippen molar-refractivity contribution in [3.8, 4) is 0 Å². The summed E-state index contributed by atoms with van der Waals surface area (Å²) in [5.74, 6) is 0.974. The number of imidazole rings is 1. The van der Waals surface area contributed by atoms with E-state index in [9.17, 15) is 4.39 Å². The maximum atomic E-state index is 13.9. The van der Waals surface area contributed by atoms with Crippen LogP contribution in [0.4, 0.5) is 10.3 Å². The van der Waals surface area contributed by atoms with Crippen LogP contribution in [0.25, 0.3) is 11.0 Å². The lowest BCUT2D eigenvalue weighted by molar-refractivity contribution is 0.0661. The number of aromatic nitrogens is 4. The lowest BCUT2D eigenvalue weighted by Crippen LogP contribution is -2.52. The first-order chi connectivity index (χ1) is 13.0. The maximum Gasteiger partial charge on any atom is 0.207 e. The average molecular weight is 391 g/mol. The van der Waals surface area contributed by atoms with Crippen LogP contribution in [0.5, 0.6) is 0 Å². The molecular weight excluding hydrogens is 371 g/mol. The number of nitrogens with zero attached hydrogens (tertiary/aromatic N) is 5. The molecule has 9 heteroatoms. The van der Waals surface area contributed by atoms with Gasteiger partial charge >= 0.3 is 0 Å². The molecule has 0 aliphatic carbocycles.